The van der Waals surface area contributed by atoms with E-state index in [1.54, 1.807) is 0 Å². The Balaban J connectivity index is 2.33. The second kappa shape index (κ2) is 47.5. The first kappa shape index (κ1) is 65.6. The molecule has 1 aliphatic heterocycles. The van der Waals surface area contributed by atoms with Crippen molar-refractivity contribution < 1.29 is 56.2 Å². The molecule has 406 valence electrons. The van der Waals surface area contributed by atoms with Crippen LogP contribution in [0.25, 0.3) is 0 Å². The number of allylic oxidation sites excluding steroid dienone is 12. The highest BCUT2D eigenvalue weighted by atomic mass is 32.3. The van der Waals surface area contributed by atoms with Gasteiger partial charge in [0.05, 0.1) is 19.8 Å². The number of aliphatic hydroxyl groups is 3. The van der Waals surface area contributed by atoms with Crippen LogP contribution in [0.5, 0.6) is 0 Å². The Morgan fingerprint density at radius 2 is 0.986 bits per heavy atom. The van der Waals surface area contributed by atoms with Crippen LogP contribution < -0.4 is 0 Å². The third-order valence-corrected chi connectivity index (χ3v) is 12.8. The maximum atomic E-state index is 12.9. The zero-order valence-electron chi connectivity index (χ0n) is 43.8. The third-order valence-electron chi connectivity index (χ3n) is 12.3. The van der Waals surface area contributed by atoms with Gasteiger partial charge in [0.2, 0.25) is 0 Å². The maximum Gasteiger partial charge on any atom is 0.397 e. The van der Waals surface area contributed by atoms with E-state index in [0.717, 1.165) is 77.0 Å². The number of carbonyl (C=O) groups excluding carboxylic acids is 1. The Bertz CT molecular complexity index is 1490. The molecule has 1 saturated heterocycles. The molecule has 12 nitrogen and oxygen atoms in total. The summed E-state index contributed by atoms with van der Waals surface area (Å²) in [4.78, 5) is 12.9. The van der Waals surface area contributed by atoms with Crippen molar-refractivity contribution in [3.63, 3.8) is 0 Å². The van der Waals surface area contributed by atoms with Gasteiger partial charge in [0.15, 0.2) is 6.29 Å². The number of esters is 1. The fourth-order valence-electron chi connectivity index (χ4n) is 8.17. The van der Waals surface area contributed by atoms with E-state index in [-0.39, 0.29) is 19.6 Å². The Hall–Kier alpha value is -2.46. The van der Waals surface area contributed by atoms with Crippen LogP contribution in [-0.4, -0.2) is 97.5 Å². The predicted molar refractivity (Wildman–Crippen MR) is 285 cm³/mol. The SMILES string of the molecule is CC/C=C\C/C=C\C/C=C\C/C=C\CCCCCCCCCCC(=O)OC(COCCCCCCCCCCCC/C=C\C/C=C\CCCCCCC)COC1OC(CO)C(O)C(OS(=O)(=O)O)C1O. The van der Waals surface area contributed by atoms with Crippen molar-refractivity contribution in [1.82, 2.24) is 0 Å². The topological polar surface area (TPSA) is 178 Å². The minimum atomic E-state index is -5.07. The van der Waals surface area contributed by atoms with E-state index in [2.05, 4.69) is 90.9 Å². The second-order valence-electron chi connectivity index (χ2n) is 18.8. The normalized spacial score (nSPS) is 19.7. The largest absolute Gasteiger partial charge is 0.457 e. The average Bonchev–Trinajstić information content (AvgIpc) is 3.34. The van der Waals surface area contributed by atoms with Gasteiger partial charge in [0.25, 0.3) is 0 Å². The van der Waals surface area contributed by atoms with Crippen molar-refractivity contribution in [3.05, 3.63) is 72.9 Å². The summed E-state index contributed by atoms with van der Waals surface area (Å²) in [6.45, 7) is 3.87. The minimum Gasteiger partial charge on any atom is -0.457 e. The molecule has 13 heteroatoms. The highest BCUT2D eigenvalue weighted by Gasteiger charge is 2.48. The average molecular weight is 1010 g/mol. The van der Waals surface area contributed by atoms with Gasteiger partial charge >= 0.3 is 16.4 Å². The van der Waals surface area contributed by atoms with Gasteiger partial charge in [-0.25, -0.2) is 4.18 Å². The Labute approximate surface area is 426 Å². The molecule has 1 fully saturated rings. The molecule has 6 unspecified atom stereocenters. The zero-order valence-corrected chi connectivity index (χ0v) is 44.6. The molecule has 70 heavy (non-hydrogen) atoms. The molecular weight excluding hydrogens is 909 g/mol. The predicted octanol–water partition coefficient (Wildman–Crippen LogP) is 13.4. The summed E-state index contributed by atoms with van der Waals surface area (Å²) >= 11 is 0. The lowest BCUT2D eigenvalue weighted by Gasteiger charge is -2.41. The molecular formula is C57H100O12S. The molecule has 0 aromatic heterocycles. The van der Waals surface area contributed by atoms with Gasteiger partial charge in [-0.15, -0.1) is 0 Å². The summed E-state index contributed by atoms with van der Waals surface area (Å²) in [5.74, 6) is -0.409. The highest BCUT2D eigenvalue weighted by molar-refractivity contribution is 7.80. The summed E-state index contributed by atoms with van der Waals surface area (Å²) in [6.07, 6.45) is 53.6. The van der Waals surface area contributed by atoms with Crippen LogP contribution in [0.2, 0.25) is 0 Å². The summed E-state index contributed by atoms with van der Waals surface area (Å²) in [7, 11) is -5.07. The van der Waals surface area contributed by atoms with Crippen molar-refractivity contribution in [2.45, 2.75) is 256 Å². The fraction of sp³-hybridized carbons (Fsp3) is 0.772. The van der Waals surface area contributed by atoms with E-state index < -0.39 is 59.8 Å². The Morgan fingerprint density at radius 3 is 1.44 bits per heavy atom. The fourth-order valence-corrected chi connectivity index (χ4v) is 8.67. The summed E-state index contributed by atoms with van der Waals surface area (Å²) in [6, 6.07) is 0. The molecule has 0 aromatic rings. The van der Waals surface area contributed by atoms with Crippen molar-refractivity contribution in [1.29, 1.82) is 0 Å². The van der Waals surface area contributed by atoms with Crippen LogP contribution in [-0.2, 0) is 38.3 Å². The van der Waals surface area contributed by atoms with Gasteiger partial charge in [-0.3, -0.25) is 9.35 Å². The number of hydrogen-bond acceptors (Lipinski definition) is 11. The van der Waals surface area contributed by atoms with Gasteiger partial charge in [0.1, 0.15) is 30.5 Å². The van der Waals surface area contributed by atoms with E-state index in [4.69, 9.17) is 18.9 Å². The van der Waals surface area contributed by atoms with Crippen LogP contribution in [0, 0.1) is 0 Å². The monoisotopic (exact) mass is 1010 g/mol. The van der Waals surface area contributed by atoms with Crippen molar-refractivity contribution in [2.75, 3.05) is 26.4 Å². The first-order chi connectivity index (χ1) is 34.1. The van der Waals surface area contributed by atoms with Crippen molar-refractivity contribution in [2.24, 2.45) is 0 Å². The molecule has 0 bridgehead atoms. The van der Waals surface area contributed by atoms with Gasteiger partial charge in [-0.2, -0.15) is 8.42 Å². The van der Waals surface area contributed by atoms with E-state index in [1.807, 2.05) is 0 Å². The van der Waals surface area contributed by atoms with Crippen LogP contribution >= 0.6 is 0 Å². The van der Waals surface area contributed by atoms with Crippen molar-refractivity contribution >= 4 is 16.4 Å². The van der Waals surface area contributed by atoms with Crippen LogP contribution in [0.4, 0.5) is 0 Å². The first-order valence-corrected chi connectivity index (χ1v) is 29.1. The van der Waals surface area contributed by atoms with E-state index in [0.29, 0.717) is 13.0 Å². The molecule has 0 radical (unpaired) electrons. The second-order valence-corrected chi connectivity index (χ2v) is 19.8. The smallest absolute Gasteiger partial charge is 0.397 e. The van der Waals surface area contributed by atoms with E-state index >= 15 is 0 Å². The number of rotatable bonds is 48. The quantitative estimate of drug-likeness (QED) is 0.0197. The summed E-state index contributed by atoms with van der Waals surface area (Å²) in [5.41, 5.74) is 0. The third kappa shape index (κ3) is 40.1. The molecule has 0 aliphatic carbocycles. The summed E-state index contributed by atoms with van der Waals surface area (Å²) < 4.78 is 59.4. The number of unbranched alkanes of at least 4 members (excludes halogenated alkanes) is 23. The van der Waals surface area contributed by atoms with Crippen LogP contribution in [0.15, 0.2) is 72.9 Å². The molecule has 1 aliphatic rings. The number of ether oxygens (including phenoxy) is 4. The van der Waals surface area contributed by atoms with E-state index in [9.17, 15) is 33.1 Å². The lowest BCUT2D eigenvalue weighted by molar-refractivity contribution is -0.301. The lowest BCUT2D eigenvalue weighted by atomic mass is 9.99. The first-order valence-electron chi connectivity index (χ1n) is 27.7. The zero-order chi connectivity index (χ0) is 51.0. The van der Waals surface area contributed by atoms with Gasteiger partial charge < -0.3 is 34.3 Å². The van der Waals surface area contributed by atoms with Gasteiger partial charge in [-0.1, -0.05) is 202 Å². The van der Waals surface area contributed by atoms with Gasteiger partial charge in [-0.05, 0) is 83.5 Å². The molecule has 0 saturated carbocycles. The minimum absolute atomic E-state index is 0.0277. The lowest BCUT2D eigenvalue weighted by Crippen LogP contribution is -2.60. The van der Waals surface area contributed by atoms with Crippen LogP contribution in [0.1, 0.15) is 219 Å². The van der Waals surface area contributed by atoms with Crippen molar-refractivity contribution in [3.8, 4) is 0 Å². The number of carbonyl (C=O) groups is 1. The molecule has 0 aromatic carbocycles. The highest BCUT2D eigenvalue weighted by Crippen LogP contribution is 2.26. The molecule has 0 amide bonds. The molecule has 1 rings (SSSR count). The standard InChI is InChI=1S/C57H100O12S/c1-3-5-7-9-11-13-15-17-19-21-23-25-27-29-31-33-35-37-39-41-43-45-47-65-49-51(50-66-57-55(61)56(69-70(62,63)64)54(60)52(48-58)68-57)67-53(59)46-44-42-40-38-36-34-32-30-28-26-24-22-20-18-16-14-12-10-8-6-4-2/h6,8,12,14-15,17-18,20-21,23-24,26,51-52,54-58,60-61H,3-5,7,9-11,13,16,19,22,25,27-50H2,1-2H3,(H,62,63,64)/b8-6-,14-12-,17-15-,20-18-,23-21-,26-24-. The Kier molecular flexibility index (Phi) is 44.5. The molecule has 4 N–H and O–H groups in total. The molecule has 0 spiro atoms. The van der Waals surface area contributed by atoms with E-state index in [1.165, 1.54) is 116 Å². The molecule has 1 heterocycles. The maximum absolute atomic E-state index is 12.9. The Morgan fingerprint density at radius 1 is 0.557 bits per heavy atom. The number of hydrogen-bond donors (Lipinski definition) is 4. The van der Waals surface area contributed by atoms with Crippen LogP contribution in [0.3, 0.4) is 0 Å². The van der Waals surface area contributed by atoms with Gasteiger partial charge in [0, 0.05) is 13.0 Å². The molecule has 6 atom stereocenters. The number of aliphatic hydroxyl groups excluding tert-OH is 3. The summed E-state index contributed by atoms with van der Waals surface area (Å²) in [5, 5.41) is 30.8.